The first-order chi connectivity index (χ1) is 6.28. The lowest BCUT2D eigenvalue weighted by atomic mass is 9.87. The Hall–Kier alpha value is -0.600. The summed E-state index contributed by atoms with van der Waals surface area (Å²) >= 11 is 1.89. The zero-order valence-corrected chi connectivity index (χ0v) is 8.73. The molecule has 0 aliphatic heterocycles. The van der Waals surface area contributed by atoms with Crippen molar-refractivity contribution in [2.24, 2.45) is 5.73 Å². The van der Waals surface area contributed by atoms with Crippen LogP contribution >= 0.6 is 11.3 Å². The smallest absolute Gasteiger partial charge is 0.0272 e. The zero-order chi connectivity index (χ0) is 9.26. The molecular formula is C11H15NS. The van der Waals surface area contributed by atoms with Gasteiger partial charge in [-0.2, -0.15) is 0 Å². The minimum Gasteiger partial charge on any atom is -0.327 e. The Labute approximate surface area is 83.3 Å². The van der Waals surface area contributed by atoms with Crippen molar-refractivity contribution >= 4 is 17.4 Å². The van der Waals surface area contributed by atoms with Crippen LogP contribution in [0.5, 0.6) is 0 Å². The number of nitrogens with two attached hydrogens (primary N) is 1. The van der Waals surface area contributed by atoms with E-state index in [4.69, 9.17) is 5.73 Å². The highest BCUT2D eigenvalue weighted by Gasteiger charge is 2.18. The Morgan fingerprint density at radius 3 is 2.85 bits per heavy atom. The van der Waals surface area contributed by atoms with Gasteiger partial charge in [-0.05, 0) is 37.5 Å². The standard InChI is InChI=1S/C11H15NS/c1-2-10-3-4-11(13-10)7-8-5-9(12)6-8/h3-4,7,9H,2,5-6,12H2,1H3. The van der Waals surface area contributed by atoms with E-state index >= 15 is 0 Å². The highest BCUT2D eigenvalue weighted by atomic mass is 32.1. The van der Waals surface area contributed by atoms with Crippen molar-refractivity contribution in [3.05, 3.63) is 27.5 Å². The largest absolute Gasteiger partial charge is 0.327 e. The van der Waals surface area contributed by atoms with Crippen LogP contribution in [0.3, 0.4) is 0 Å². The van der Waals surface area contributed by atoms with E-state index in [1.54, 1.807) is 0 Å². The van der Waals surface area contributed by atoms with Crippen molar-refractivity contribution in [3.8, 4) is 0 Å². The normalized spacial score (nSPS) is 21.4. The molecule has 0 radical (unpaired) electrons. The third kappa shape index (κ3) is 2.01. The van der Waals surface area contributed by atoms with Gasteiger partial charge >= 0.3 is 0 Å². The molecule has 0 unspecified atom stereocenters. The number of hydrogen-bond donors (Lipinski definition) is 1. The van der Waals surface area contributed by atoms with Crippen LogP contribution in [-0.2, 0) is 6.42 Å². The lowest BCUT2D eigenvalue weighted by molar-refractivity contribution is 0.547. The summed E-state index contributed by atoms with van der Waals surface area (Å²) in [5.74, 6) is 0. The van der Waals surface area contributed by atoms with Gasteiger partial charge in [-0.3, -0.25) is 0 Å². The van der Waals surface area contributed by atoms with Crippen molar-refractivity contribution in [1.29, 1.82) is 0 Å². The van der Waals surface area contributed by atoms with Crippen LogP contribution in [-0.4, -0.2) is 6.04 Å². The molecule has 1 fully saturated rings. The zero-order valence-electron chi connectivity index (χ0n) is 7.92. The van der Waals surface area contributed by atoms with Crippen molar-refractivity contribution in [1.82, 2.24) is 0 Å². The van der Waals surface area contributed by atoms with E-state index in [-0.39, 0.29) is 0 Å². The predicted molar refractivity (Wildman–Crippen MR) is 58.9 cm³/mol. The Morgan fingerprint density at radius 2 is 2.31 bits per heavy atom. The van der Waals surface area contributed by atoms with Crippen LogP contribution in [0.4, 0.5) is 0 Å². The molecule has 13 heavy (non-hydrogen) atoms. The molecule has 1 aliphatic carbocycles. The molecule has 2 N–H and O–H groups in total. The molecule has 1 nitrogen and oxygen atoms in total. The van der Waals surface area contributed by atoms with Gasteiger partial charge in [0.2, 0.25) is 0 Å². The minimum atomic E-state index is 0.428. The van der Waals surface area contributed by atoms with Gasteiger partial charge in [-0.15, -0.1) is 11.3 Å². The fourth-order valence-corrected chi connectivity index (χ4v) is 2.54. The molecule has 1 saturated carbocycles. The quantitative estimate of drug-likeness (QED) is 0.768. The van der Waals surface area contributed by atoms with E-state index in [0.717, 1.165) is 19.3 Å². The summed E-state index contributed by atoms with van der Waals surface area (Å²) in [5.41, 5.74) is 7.23. The molecule has 2 rings (SSSR count). The number of thiophene rings is 1. The molecule has 2 heteroatoms. The summed E-state index contributed by atoms with van der Waals surface area (Å²) in [6, 6.07) is 4.85. The van der Waals surface area contributed by atoms with Crippen LogP contribution in [0.25, 0.3) is 6.08 Å². The highest BCUT2D eigenvalue weighted by Crippen LogP contribution is 2.29. The third-order valence-electron chi connectivity index (χ3n) is 2.43. The molecule has 1 aromatic rings. The maximum Gasteiger partial charge on any atom is 0.0272 e. The lowest BCUT2D eigenvalue weighted by Crippen LogP contribution is -2.29. The Morgan fingerprint density at radius 1 is 1.54 bits per heavy atom. The molecule has 1 aromatic heterocycles. The summed E-state index contributed by atoms with van der Waals surface area (Å²) in [5, 5.41) is 0. The summed E-state index contributed by atoms with van der Waals surface area (Å²) in [6.45, 7) is 2.20. The SMILES string of the molecule is CCc1ccc(C=C2CC(N)C2)s1. The fraction of sp³-hybridized carbons (Fsp3) is 0.455. The molecule has 0 amide bonds. The summed E-state index contributed by atoms with van der Waals surface area (Å²) < 4.78 is 0. The summed E-state index contributed by atoms with van der Waals surface area (Å²) in [7, 11) is 0. The highest BCUT2D eigenvalue weighted by molar-refractivity contribution is 7.12. The average Bonchev–Trinajstić information content (AvgIpc) is 2.50. The van der Waals surface area contributed by atoms with Gasteiger partial charge in [0.25, 0.3) is 0 Å². The van der Waals surface area contributed by atoms with Gasteiger partial charge in [-0.1, -0.05) is 12.5 Å². The van der Waals surface area contributed by atoms with Gasteiger partial charge in [0.15, 0.2) is 0 Å². The second kappa shape index (κ2) is 3.64. The first-order valence-electron chi connectivity index (χ1n) is 4.81. The van der Waals surface area contributed by atoms with Gasteiger partial charge in [0, 0.05) is 15.8 Å². The van der Waals surface area contributed by atoms with E-state index in [1.165, 1.54) is 15.3 Å². The van der Waals surface area contributed by atoms with Crippen molar-refractivity contribution in [2.45, 2.75) is 32.2 Å². The topological polar surface area (TPSA) is 26.0 Å². The molecule has 70 valence electrons. The molecule has 1 heterocycles. The first-order valence-corrected chi connectivity index (χ1v) is 5.63. The Kier molecular flexibility index (Phi) is 2.51. The molecule has 0 bridgehead atoms. The second-order valence-corrected chi connectivity index (χ2v) is 4.83. The van der Waals surface area contributed by atoms with Crippen molar-refractivity contribution in [2.75, 3.05) is 0 Å². The second-order valence-electron chi connectivity index (χ2n) is 3.63. The van der Waals surface area contributed by atoms with Crippen LogP contribution < -0.4 is 5.73 Å². The van der Waals surface area contributed by atoms with Crippen molar-refractivity contribution < 1.29 is 0 Å². The molecule has 0 aromatic carbocycles. The van der Waals surface area contributed by atoms with Gasteiger partial charge in [0.1, 0.15) is 0 Å². The predicted octanol–water partition coefficient (Wildman–Crippen LogP) is 2.82. The number of rotatable bonds is 2. The van der Waals surface area contributed by atoms with Gasteiger partial charge < -0.3 is 5.73 Å². The average molecular weight is 193 g/mol. The summed E-state index contributed by atoms with van der Waals surface area (Å²) in [6.07, 6.45) is 5.64. The van der Waals surface area contributed by atoms with E-state index in [2.05, 4.69) is 25.1 Å². The number of hydrogen-bond acceptors (Lipinski definition) is 2. The van der Waals surface area contributed by atoms with Crippen molar-refractivity contribution in [3.63, 3.8) is 0 Å². The Balaban J connectivity index is 2.05. The monoisotopic (exact) mass is 193 g/mol. The van der Waals surface area contributed by atoms with Crippen LogP contribution in [0, 0.1) is 0 Å². The minimum absolute atomic E-state index is 0.428. The van der Waals surface area contributed by atoms with Crippen LogP contribution in [0.2, 0.25) is 0 Å². The number of aryl methyl sites for hydroxylation is 1. The molecule has 0 atom stereocenters. The van der Waals surface area contributed by atoms with Gasteiger partial charge in [0.05, 0.1) is 0 Å². The molecule has 0 spiro atoms. The molecule has 1 aliphatic rings. The third-order valence-corrected chi connectivity index (χ3v) is 3.60. The van der Waals surface area contributed by atoms with E-state index in [9.17, 15) is 0 Å². The fourth-order valence-electron chi connectivity index (χ4n) is 1.59. The van der Waals surface area contributed by atoms with E-state index in [1.807, 2.05) is 11.3 Å². The molecule has 0 saturated heterocycles. The molecular weight excluding hydrogens is 178 g/mol. The van der Waals surface area contributed by atoms with E-state index in [0.29, 0.717) is 6.04 Å². The lowest BCUT2D eigenvalue weighted by Gasteiger charge is -2.24. The maximum atomic E-state index is 5.72. The first kappa shape index (κ1) is 8.97. The maximum absolute atomic E-state index is 5.72. The summed E-state index contributed by atoms with van der Waals surface area (Å²) in [4.78, 5) is 2.86. The van der Waals surface area contributed by atoms with Crippen LogP contribution in [0.15, 0.2) is 17.7 Å². The van der Waals surface area contributed by atoms with Crippen LogP contribution in [0.1, 0.15) is 29.5 Å². The van der Waals surface area contributed by atoms with E-state index < -0.39 is 0 Å². The van der Waals surface area contributed by atoms with Gasteiger partial charge in [-0.25, -0.2) is 0 Å². The Bertz CT molecular complexity index is 317.